The van der Waals surface area contributed by atoms with E-state index in [1.54, 1.807) is 49.6 Å². The Kier molecular flexibility index (Phi) is 5.77. The molecule has 1 fully saturated rings. The number of carbonyl (C=O) groups is 2. The minimum atomic E-state index is -0.655. The maximum Gasteiger partial charge on any atom is 0.419 e. The quantitative estimate of drug-likeness (QED) is 0.603. The lowest BCUT2D eigenvalue weighted by Crippen LogP contribution is -2.34. The third-order valence-electron chi connectivity index (χ3n) is 4.95. The van der Waals surface area contributed by atoms with E-state index in [-0.39, 0.29) is 17.2 Å². The number of rotatable bonds is 4. The number of hydrogen-bond donors (Lipinski definition) is 1. The highest BCUT2D eigenvalue weighted by Gasteiger charge is 2.33. The maximum atomic E-state index is 13.4. The van der Waals surface area contributed by atoms with Gasteiger partial charge in [0, 0.05) is 41.4 Å². The van der Waals surface area contributed by atoms with Crippen molar-refractivity contribution in [3.63, 3.8) is 0 Å². The summed E-state index contributed by atoms with van der Waals surface area (Å²) in [6.07, 6.45) is 4.57. The van der Waals surface area contributed by atoms with Crippen LogP contribution >= 0.6 is 11.8 Å². The molecule has 0 radical (unpaired) electrons. The van der Waals surface area contributed by atoms with Crippen molar-refractivity contribution < 1.29 is 19.1 Å². The van der Waals surface area contributed by atoms with Crippen LogP contribution in [0, 0.1) is 0 Å². The number of ether oxygens (including phenoxy) is 2. The van der Waals surface area contributed by atoms with Gasteiger partial charge in [0.2, 0.25) is 0 Å². The second-order valence-corrected chi connectivity index (χ2v) is 9.50. The summed E-state index contributed by atoms with van der Waals surface area (Å²) in [4.78, 5) is 30.4. The van der Waals surface area contributed by atoms with Gasteiger partial charge >= 0.3 is 6.09 Å². The van der Waals surface area contributed by atoms with E-state index in [2.05, 4.69) is 10.3 Å². The molecule has 0 saturated carbocycles. The number of nitrogens with zero attached hydrogens (tertiary/aromatic N) is 2. The van der Waals surface area contributed by atoms with Crippen molar-refractivity contribution in [2.75, 3.05) is 12.9 Å². The lowest BCUT2D eigenvalue weighted by molar-refractivity contribution is 0.0544. The Morgan fingerprint density at radius 2 is 2.06 bits per heavy atom. The minimum Gasteiger partial charge on any atom is -0.497 e. The fourth-order valence-corrected chi connectivity index (χ4v) is 4.75. The van der Waals surface area contributed by atoms with Crippen LogP contribution in [0.3, 0.4) is 0 Å². The molecule has 1 N–H and O–H groups in total. The molecule has 31 heavy (non-hydrogen) atoms. The SMILES string of the molecule is COc1ccc2c(C(=O)[C@@H]3CSC(c4cccnc4)N3)cn(C(=O)OC(C)(C)C)c2c1. The number of Topliss-reactive ketones (excluding diaryl/α,β-unsaturated/α-hetero) is 1. The summed E-state index contributed by atoms with van der Waals surface area (Å²) in [6.45, 7) is 5.42. The normalized spacial score (nSPS) is 18.8. The van der Waals surface area contributed by atoms with Crippen LogP contribution in [0.1, 0.15) is 42.1 Å². The first-order valence-corrected chi connectivity index (χ1v) is 11.1. The molecule has 0 aliphatic carbocycles. The fraction of sp³-hybridized carbons (Fsp3) is 0.348. The molecule has 3 aromatic rings. The number of methoxy groups -OCH3 is 1. The van der Waals surface area contributed by atoms with Gasteiger partial charge in [0.15, 0.2) is 5.78 Å². The number of nitrogens with one attached hydrogen (secondary N) is 1. The first-order chi connectivity index (χ1) is 14.8. The molecule has 0 bridgehead atoms. The monoisotopic (exact) mass is 439 g/mol. The lowest BCUT2D eigenvalue weighted by atomic mass is 10.0. The number of ketones is 1. The summed E-state index contributed by atoms with van der Waals surface area (Å²) in [5.41, 5.74) is 1.43. The van der Waals surface area contributed by atoms with E-state index >= 15 is 0 Å². The summed E-state index contributed by atoms with van der Waals surface area (Å²) in [6, 6.07) is 8.84. The molecule has 1 aromatic carbocycles. The minimum absolute atomic E-state index is 0.00181. The third kappa shape index (κ3) is 4.45. The third-order valence-corrected chi connectivity index (χ3v) is 6.22. The zero-order valence-electron chi connectivity index (χ0n) is 17.9. The summed E-state index contributed by atoms with van der Waals surface area (Å²) in [7, 11) is 1.56. The topological polar surface area (TPSA) is 82.5 Å². The van der Waals surface area contributed by atoms with Crippen LogP contribution < -0.4 is 10.1 Å². The number of thioether (sulfide) groups is 1. The van der Waals surface area contributed by atoms with Gasteiger partial charge in [-0.3, -0.25) is 19.7 Å². The molecule has 1 aliphatic rings. The Balaban J connectivity index is 1.67. The molecule has 2 atom stereocenters. The van der Waals surface area contributed by atoms with Gasteiger partial charge in [0.25, 0.3) is 0 Å². The second-order valence-electron chi connectivity index (χ2n) is 8.36. The van der Waals surface area contributed by atoms with Gasteiger partial charge < -0.3 is 9.47 Å². The molecule has 7 nitrogen and oxygen atoms in total. The van der Waals surface area contributed by atoms with Gasteiger partial charge in [0.1, 0.15) is 11.4 Å². The molecule has 0 amide bonds. The van der Waals surface area contributed by atoms with Crippen LogP contribution in [-0.4, -0.2) is 45.9 Å². The lowest BCUT2D eigenvalue weighted by Gasteiger charge is -2.19. The van der Waals surface area contributed by atoms with Crippen molar-refractivity contribution in [3.05, 3.63) is 60.0 Å². The number of aromatic nitrogens is 2. The van der Waals surface area contributed by atoms with E-state index in [0.29, 0.717) is 28.0 Å². The van der Waals surface area contributed by atoms with Crippen LogP contribution in [0.5, 0.6) is 5.75 Å². The predicted octanol–water partition coefficient (Wildman–Crippen LogP) is 4.41. The fourth-order valence-electron chi connectivity index (χ4n) is 3.53. The van der Waals surface area contributed by atoms with Crippen molar-refractivity contribution >= 4 is 34.5 Å². The number of pyridine rings is 1. The Bertz CT molecular complexity index is 1120. The molecular weight excluding hydrogens is 414 g/mol. The van der Waals surface area contributed by atoms with Crippen LogP contribution in [0.4, 0.5) is 4.79 Å². The van der Waals surface area contributed by atoms with Gasteiger partial charge in [-0.1, -0.05) is 6.07 Å². The van der Waals surface area contributed by atoms with E-state index < -0.39 is 11.7 Å². The highest BCUT2D eigenvalue weighted by atomic mass is 32.2. The Morgan fingerprint density at radius 3 is 2.74 bits per heavy atom. The summed E-state index contributed by atoms with van der Waals surface area (Å²) < 4.78 is 12.2. The predicted molar refractivity (Wildman–Crippen MR) is 121 cm³/mol. The summed E-state index contributed by atoms with van der Waals surface area (Å²) in [5, 5.41) is 4.08. The molecule has 1 aliphatic heterocycles. The summed E-state index contributed by atoms with van der Waals surface area (Å²) >= 11 is 1.67. The van der Waals surface area contributed by atoms with Crippen molar-refractivity contribution in [2.24, 2.45) is 0 Å². The van der Waals surface area contributed by atoms with Crippen LogP contribution in [0.25, 0.3) is 10.9 Å². The van der Waals surface area contributed by atoms with E-state index in [1.807, 2.05) is 39.0 Å². The zero-order valence-corrected chi connectivity index (χ0v) is 18.7. The van der Waals surface area contributed by atoms with E-state index in [0.717, 1.165) is 5.56 Å². The zero-order chi connectivity index (χ0) is 22.2. The molecule has 8 heteroatoms. The molecule has 1 saturated heterocycles. The Hall–Kier alpha value is -2.84. The standard InChI is InChI=1S/C23H25N3O4S/c1-23(2,3)30-22(28)26-12-17(16-8-7-15(29-4)10-19(16)26)20(27)18-13-31-21(25-18)14-6-5-9-24-11-14/h5-12,18,21,25H,13H2,1-4H3/t18-,21?/m0/s1. The summed E-state index contributed by atoms with van der Waals surface area (Å²) in [5.74, 6) is 1.17. The van der Waals surface area contributed by atoms with Crippen molar-refractivity contribution in [3.8, 4) is 5.75 Å². The van der Waals surface area contributed by atoms with E-state index in [4.69, 9.17) is 9.47 Å². The van der Waals surface area contributed by atoms with Gasteiger partial charge in [-0.25, -0.2) is 4.79 Å². The van der Waals surface area contributed by atoms with Gasteiger partial charge in [-0.05, 0) is 44.5 Å². The average molecular weight is 440 g/mol. The van der Waals surface area contributed by atoms with E-state index in [1.165, 1.54) is 4.57 Å². The average Bonchev–Trinajstić information content (AvgIpc) is 3.38. The molecule has 0 spiro atoms. The van der Waals surface area contributed by atoms with Gasteiger partial charge in [0.05, 0.1) is 24.0 Å². The van der Waals surface area contributed by atoms with Crippen molar-refractivity contribution in [2.45, 2.75) is 37.8 Å². The molecular formula is C23H25N3O4S. The first kappa shape index (κ1) is 21.4. The molecule has 2 aromatic heterocycles. The number of carbonyl (C=O) groups excluding carboxylic acids is 2. The van der Waals surface area contributed by atoms with E-state index in [9.17, 15) is 9.59 Å². The molecule has 3 heterocycles. The van der Waals surface area contributed by atoms with Crippen LogP contribution in [0.15, 0.2) is 48.9 Å². The highest BCUT2D eigenvalue weighted by molar-refractivity contribution is 7.99. The second kappa shape index (κ2) is 8.36. The smallest absolute Gasteiger partial charge is 0.419 e. The number of benzene rings is 1. The van der Waals surface area contributed by atoms with Gasteiger partial charge in [-0.15, -0.1) is 11.8 Å². The number of hydrogen-bond acceptors (Lipinski definition) is 7. The van der Waals surface area contributed by atoms with Crippen molar-refractivity contribution in [1.29, 1.82) is 0 Å². The first-order valence-electron chi connectivity index (χ1n) is 10.0. The van der Waals surface area contributed by atoms with Crippen molar-refractivity contribution in [1.82, 2.24) is 14.9 Å². The number of fused-ring (bicyclic) bond motifs is 1. The van der Waals surface area contributed by atoms with Crippen LogP contribution in [-0.2, 0) is 4.74 Å². The largest absolute Gasteiger partial charge is 0.497 e. The van der Waals surface area contributed by atoms with Gasteiger partial charge in [-0.2, -0.15) is 0 Å². The maximum absolute atomic E-state index is 13.4. The Labute approximate surface area is 185 Å². The molecule has 4 rings (SSSR count). The highest BCUT2D eigenvalue weighted by Crippen LogP contribution is 2.35. The molecule has 162 valence electrons. The van der Waals surface area contributed by atoms with Crippen LogP contribution in [0.2, 0.25) is 0 Å². The Morgan fingerprint density at radius 1 is 1.26 bits per heavy atom. The molecule has 1 unspecified atom stereocenters.